The predicted molar refractivity (Wildman–Crippen MR) is 85.0 cm³/mol. The molecular formula is C15H19N7O. The summed E-state index contributed by atoms with van der Waals surface area (Å²) in [6.07, 6.45) is 5.45. The fourth-order valence-electron chi connectivity index (χ4n) is 3.17. The van der Waals surface area contributed by atoms with Crippen LogP contribution in [0.25, 0.3) is 11.0 Å². The summed E-state index contributed by atoms with van der Waals surface area (Å²) in [5, 5.41) is 15.8. The van der Waals surface area contributed by atoms with Crippen LogP contribution in [0.2, 0.25) is 0 Å². The summed E-state index contributed by atoms with van der Waals surface area (Å²) >= 11 is 0. The molecule has 0 saturated carbocycles. The molecule has 0 aromatic carbocycles. The Morgan fingerprint density at radius 1 is 1.39 bits per heavy atom. The third-order valence-electron chi connectivity index (χ3n) is 4.27. The van der Waals surface area contributed by atoms with E-state index in [-0.39, 0.29) is 12.2 Å². The number of hydrogen-bond acceptors (Lipinski definition) is 6. The van der Waals surface area contributed by atoms with Crippen molar-refractivity contribution in [1.82, 2.24) is 29.9 Å². The van der Waals surface area contributed by atoms with Crippen LogP contribution in [-0.4, -0.2) is 42.6 Å². The third-order valence-corrected chi connectivity index (χ3v) is 4.27. The van der Waals surface area contributed by atoms with Crippen molar-refractivity contribution in [3.05, 3.63) is 30.1 Å². The van der Waals surface area contributed by atoms with Crippen molar-refractivity contribution in [3.63, 3.8) is 0 Å². The second-order valence-corrected chi connectivity index (χ2v) is 5.84. The monoisotopic (exact) mass is 313 g/mol. The smallest absolute Gasteiger partial charge is 0.159 e. The largest absolute Gasteiger partial charge is 0.382 e. The molecule has 1 aliphatic heterocycles. The molecule has 0 aliphatic carbocycles. The van der Waals surface area contributed by atoms with Crippen LogP contribution in [0.3, 0.4) is 0 Å². The predicted octanol–water partition coefficient (Wildman–Crippen LogP) is 1.73. The number of H-pyrrole nitrogens is 1. The highest BCUT2D eigenvalue weighted by atomic mass is 16.5. The molecule has 4 heterocycles. The van der Waals surface area contributed by atoms with Crippen molar-refractivity contribution < 1.29 is 4.74 Å². The Morgan fingerprint density at radius 2 is 2.30 bits per heavy atom. The quantitative estimate of drug-likeness (QED) is 0.762. The molecule has 0 bridgehead atoms. The summed E-state index contributed by atoms with van der Waals surface area (Å²) in [4.78, 5) is 8.57. The van der Waals surface area contributed by atoms with Crippen LogP contribution in [0.15, 0.2) is 18.6 Å². The standard InChI is InChI=1S/C15H19N7O/c1-9-13-11(5-6-16-15(13)22(2)21-9)17-7-10-3-4-12(23-10)14-18-8-19-20-14/h5-6,8,10,12H,3-4,7H2,1-2H3,(H,16,17)(H,18,19,20)/t10-,12+/m1/s1. The van der Waals surface area contributed by atoms with Gasteiger partial charge in [0.25, 0.3) is 0 Å². The second-order valence-electron chi connectivity index (χ2n) is 5.84. The van der Waals surface area contributed by atoms with Gasteiger partial charge in [-0.1, -0.05) is 0 Å². The van der Waals surface area contributed by atoms with Gasteiger partial charge in [0.15, 0.2) is 11.5 Å². The Kier molecular flexibility index (Phi) is 3.45. The molecule has 120 valence electrons. The fraction of sp³-hybridized carbons (Fsp3) is 0.467. The van der Waals surface area contributed by atoms with Gasteiger partial charge in [0, 0.05) is 25.5 Å². The zero-order chi connectivity index (χ0) is 15.8. The van der Waals surface area contributed by atoms with Crippen LogP contribution in [0.1, 0.15) is 30.5 Å². The summed E-state index contributed by atoms with van der Waals surface area (Å²) in [7, 11) is 1.91. The number of pyridine rings is 1. The zero-order valence-electron chi connectivity index (χ0n) is 13.2. The van der Waals surface area contributed by atoms with Crippen molar-refractivity contribution in [2.24, 2.45) is 7.05 Å². The van der Waals surface area contributed by atoms with E-state index in [0.29, 0.717) is 0 Å². The summed E-state index contributed by atoms with van der Waals surface area (Å²) in [5.41, 5.74) is 2.91. The van der Waals surface area contributed by atoms with Crippen LogP contribution >= 0.6 is 0 Å². The molecule has 0 spiro atoms. The summed E-state index contributed by atoms with van der Waals surface area (Å²) < 4.78 is 7.85. The van der Waals surface area contributed by atoms with Gasteiger partial charge in [-0.2, -0.15) is 10.2 Å². The molecule has 23 heavy (non-hydrogen) atoms. The lowest BCUT2D eigenvalue weighted by molar-refractivity contribution is 0.0472. The van der Waals surface area contributed by atoms with Crippen LogP contribution < -0.4 is 5.32 Å². The number of fused-ring (bicyclic) bond motifs is 1. The molecule has 3 aromatic rings. The maximum Gasteiger partial charge on any atom is 0.159 e. The summed E-state index contributed by atoms with van der Waals surface area (Å²) in [6, 6.07) is 1.99. The Balaban J connectivity index is 1.46. The first-order valence-corrected chi connectivity index (χ1v) is 7.75. The lowest BCUT2D eigenvalue weighted by Gasteiger charge is -2.14. The topological polar surface area (TPSA) is 93.5 Å². The number of aryl methyl sites for hydroxylation is 2. The van der Waals surface area contributed by atoms with E-state index in [9.17, 15) is 0 Å². The lowest BCUT2D eigenvalue weighted by atomic mass is 10.2. The van der Waals surface area contributed by atoms with Gasteiger partial charge < -0.3 is 10.1 Å². The van der Waals surface area contributed by atoms with Crippen molar-refractivity contribution in [2.75, 3.05) is 11.9 Å². The van der Waals surface area contributed by atoms with Gasteiger partial charge in [0.05, 0.1) is 17.2 Å². The molecule has 8 nitrogen and oxygen atoms in total. The SMILES string of the molecule is Cc1nn(C)c2nccc(NC[C@H]3CC[C@@H](c4ncn[nH]4)O3)c12. The number of anilines is 1. The van der Waals surface area contributed by atoms with Gasteiger partial charge in [-0.25, -0.2) is 9.97 Å². The second kappa shape index (κ2) is 5.62. The first-order chi connectivity index (χ1) is 11.2. The van der Waals surface area contributed by atoms with Crippen LogP contribution in [0.4, 0.5) is 5.69 Å². The molecule has 2 atom stereocenters. The number of hydrogen-bond donors (Lipinski definition) is 2. The average Bonchev–Trinajstić information content (AvgIpc) is 3.27. The zero-order valence-corrected chi connectivity index (χ0v) is 13.2. The molecule has 0 unspecified atom stereocenters. The van der Waals surface area contributed by atoms with Crippen LogP contribution in [0.5, 0.6) is 0 Å². The number of aromatic nitrogens is 6. The maximum absolute atomic E-state index is 6.04. The molecule has 0 amide bonds. The van der Waals surface area contributed by atoms with E-state index >= 15 is 0 Å². The van der Waals surface area contributed by atoms with E-state index in [4.69, 9.17) is 4.74 Å². The Bertz CT molecular complexity index is 811. The number of nitrogens with one attached hydrogen (secondary N) is 2. The van der Waals surface area contributed by atoms with Crippen LogP contribution in [0, 0.1) is 6.92 Å². The van der Waals surface area contributed by atoms with Gasteiger partial charge in [-0.15, -0.1) is 0 Å². The highest BCUT2D eigenvalue weighted by molar-refractivity contribution is 5.91. The Hall–Kier alpha value is -2.48. The van der Waals surface area contributed by atoms with E-state index in [0.717, 1.165) is 47.6 Å². The lowest BCUT2D eigenvalue weighted by Crippen LogP contribution is -2.19. The van der Waals surface area contributed by atoms with E-state index in [1.54, 1.807) is 6.20 Å². The fourth-order valence-corrected chi connectivity index (χ4v) is 3.17. The van der Waals surface area contributed by atoms with Crippen molar-refractivity contribution in [2.45, 2.75) is 32.0 Å². The molecule has 8 heteroatoms. The minimum Gasteiger partial charge on any atom is -0.382 e. The van der Waals surface area contributed by atoms with Gasteiger partial charge in [-0.05, 0) is 25.8 Å². The number of aromatic amines is 1. The maximum atomic E-state index is 6.04. The van der Waals surface area contributed by atoms with E-state index in [1.165, 1.54) is 6.33 Å². The molecule has 3 aromatic heterocycles. The molecule has 0 radical (unpaired) electrons. The van der Waals surface area contributed by atoms with Crippen molar-refractivity contribution in [3.8, 4) is 0 Å². The number of rotatable bonds is 4. The van der Waals surface area contributed by atoms with Gasteiger partial charge in [-0.3, -0.25) is 9.78 Å². The van der Waals surface area contributed by atoms with Crippen LogP contribution in [-0.2, 0) is 11.8 Å². The highest BCUT2D eigenvalue weighted by Gasteiger charge is 2.28. The molecule has 4 rings (SSSR count). The van der Waals surface area contributed by atoms with E-state index in [1.807, 2.05) is 24.7 Å². The average molecular weight is 313 g/mol. The highest BCUT2D eigenvalue weighted by Crippen LogP contribution is 2.31. The van der Waals surface area contributed by atoms with E-state index < -0.39 is 0 Å². The van der Waals surface area contributed by atoms with Crippen molar-refractivity contribution >= 4 is 16.7 Å². The minimum absolute atomic E-state index is 0.0156. The van der Waals surface area contributed by atoms with E-state index in [2.05, 4.69) is 30.6 Å². The summed E-state index contributed by atoms with van der Waals surface area (Å²) in [6.45, 7) is 2.75. The first-order valence-electron chi connectivity index (χ1n) is 7.75. The third kappa shape index (κ3) is 2.55. The van der Waals surface area contributed by atoms with Gasteiger partial charge in [0.2, 0.25) is 0 Å². The van der Waals surface area contributed by atoms with Gasteiger partial charge in [0.1, 0.15) is 12.4 Å². The Morgan fingerprint density at radius 3 is 3.13 bits per heavy atom. The van der Waals surface area contributed by atoms with Gasteiger partial charge >= 0.3 is 0 Å². The minimum atomic E-state index is 0.0156. The first kappa shape index (κ1) is 14.1. The molecule has 2 N–H and O–H groups in total. The normalized spacial score (nSPS) is 21.1. The molecular weight excluding hydrogens is 294 g/mol. The molecule has 1 aliphatic rings. The number of nitrogens with zero attached hydrogens (tertiary/aromatic N) is 5. The molecule has 1 fully saturated rings. The summed E-state index contributed by atoms with van der Waals surface area (Å²) in [5.74, 6) is 0.807. The number of ether oxygens (including phenoxy) is 1. The van der Waals surface area contributed by atoms with Crippen molar-refractivity contribution in [1.29, 1.82) is 0 Å². The molecule has 1 saturated heterocycles. The Labute approximate surface area is 133 Å².